The monoisotopic (exact) mass is 328 g/mol. The number of fused-ring (bicyclic) bond motifs is 2. The average molecular weight is 329 g/mol. The molecule has 23 heavy (non-hydrogen) atoms. The van der Waals surface area contributed by atoms with E-state index in [-0.39, 0.29) is 5.38 Å². The van der Waals surface area contributed by atoms with E-state index >= 15 is 0 Å². The Morgan fingerprint density at radius 1 is 1.13 bits per heavy atom. The number of hydrogen-bond donors (Lipinski definition) is 0. The van der Waals surface area contributed by atoms with Crippen LogP contribution in [0.4, 0.5) is 0 Å². The summed E-state index contributed by atoms with van der Waals surface area (Å²) in [5, 5.41) is -0.158. The Morgan fingerprint density at radius 2 is 1.91 bits per heavy atom. The summed E-state index contributed by atoms with van der Waals surface area (Å²) in [5.74, 6) is 1.54. The van der Waals surface area contributed by atoms with Gasteiger partial charge in [-0.1, -0.05) is 6.07 Å². The minimum atomic E-state index is -0.158. The summed E-state index contributed by atoms with van der Waals surface area (Å²) in [5.41, 5.74) is 4.88. The second-order valence-corrected chi connectivity index (χ2v) is 6.34. The molecule has 0 saturated carbocycles. The van der Waals surface area contributed by atoms with Crippen LogP contribution in [0.15, 0.2) is 36.4 Å². The third-order valence-corrected chi connectivity index (χ3v) is 4.27. The van der Waals surface area contributed by atoms with Gasteiger partial charge in [0.1, 0.15) is 18.9 Å². The van der Waals surface area contributed by atoms with Gasteiger partial charge in [0, 0.05) is 11.3 Å². The largest absolute Gasteiger partial charge is 0.486 e. The molecule has 4 nitrogen and oxygen atoms in total. The molecule has 1 aliphatic heterocycles. The van der Waals surface area contributed by atoms with E-state index < -0.39 is 0 Å². The van der Waals surface area contributed by atoms with Crippen LogP contribution in [-0.4, -0.2) is 22.6 Å². The lowest BCUT2D eigenvalue weighted by atomic mass is 10.1. The molecule has 0 amide bonds. The predicted octanol–water partition coefficient (Wildman–Crippen LogP) is 4.38. The fraction of sp³-hybridized carbons (Fsp3) is 0.278. The molecular weight excluding hydrogens is 312 g/mol. The molecule has 0 fully saturated rings. The highest BCUT2D eigenvalue weighted by Crippen LogP contribution is 2.38. The summed E-state index contributed by atoms with van der Waals surface area (Å²) in [6.45, 7) is 5.19. The van der Waals surface area contributed by atoms with Gasteiger partial charge in [0.2, 0.25) is 0 Å². The number of halogens is 1. The predicted molar refractivity (Wildman–Crippen MR) is 90.6 cm³/mol. The van der Waals surface area contributed by atoms with Crippen LogP contribution in [0.25, 0.3) is 16.9 Å². The van der Waals surface area contributed by atoms with Crippen molar-refractivity contribution in [2.24, 2.45) is 0 Å². The molecule has 1 atom stereocenters. The zero-order valence-electron chi connectivity index (χ0n) is 13.0. The molecule has 1 unspecified atom stereocenters. The van der Waals surface area contributed by atoms with Crippen LogP contribution in [-0.2, 0) is 0 Å². The summed E-state index contributed by atoms with van der Waals surface area (Å²) in [7, 11) is 0. The molecule has 3 aromatic rings. The second kappa shape index (κ2) is 5.46. The van der Waals surface area contributed by atoms with Gasteiger partial charge in [-0.15, -0.1) is 11.6 Å². The molecule has 0 N–H and O–H groups in total. The van der Waals surface area contributed by atoms with E-state index in [4.69, 9.17) is 26.1 Å². The molecule has 5 heteroatoms. The van der Waals surface area contributed by atoms with Crippen molar-refractivity contribution in [2.45, 2.75) is 19.2 Å². The number of aromatic nitrogens is 2. The third-order valence-electron chi connectivity index (χ3n) is 4.07. The molecule has 1 aromatic carbocycles. The fourth-order valence-electron chi connectivity index (χ4n) is 3.05. The van der Waals surface area contributed by atoms with E-state index in [2.05, 4.69) is 17.4 Å². The van der Waals surface area contributed by atoms with Crippen LogP contribution < -0.4 is 9.47 Å². The topological polar surface area (TPSA) is 35.8 Å². The quantitative estimate of drug-likeness (QED) is 0.655. The Morgan fingerprint density at radius 3 is 2.70 bits per heavy atom. The van der Waals surface area contributed by atoms with Gasteiger partial charge < -0.3 is 9.47 Å². The molecule has 2 aromatic heterocycles. The van der Waals surface area contributed by atoms with Gasteiger partial charge in [-0.2, -0.15) is 0 Å². The van der Waals surface area contributed by atoms with Crippen molar-refractivity contribution in [3.63, 3.8) is 0 Å². The first-order valence-corrected chi connectivity index (χ1v) is 8.11. The van der Waals surface area contributed by atoms with Crippen molar-refractivity contribution >= 4 is 17.2 Å². The SMILES string of the molecule is Cc1cccc2nc(-c3ccc4c(c3)OCCO4)c(C(C)Cl)n12. The summed E-state index contributed by atoms with van der Waals surface area (Å²) < 4.78 is 13.4. The Hall–Kier alpha value is -2.20. The van der Waals surface area contributed by atoms with Crippen molar-refractivity contribution in [1.82, 2.24) is 9.38 Å². The number of hydrogen-bond acceptors (Lipinski definition) is 3. The van der Waals surface area contributed by atoms with Gasteiger partial charge in [0.25, 0.3) is 0 Å². The first-order valence-electron chi connectivity index (χ1n) is 7.67. The van der Waals surface area contributed by atoms with Crippen LogP contribution in [0.2, 0.25) is 0 Å². The van der Waals surface area contributed by atoms with Crippen molar-refractivity contribution in [3.8, 4) is 22.8 Å². The van der Waals surface area contributed by atoms with Crippen LogP contribution in [0, 0.1) is 6.92 Å². The van der Waals surface area contributed by atoms with E-state index in [0.717, 1.165) is 39.8 Å². The maximum atomic E-state index is 6.48. The van der Waals surface area contributed by atoms with Crippen LogP contribution in [0.5, 0.6) is 11.5 Å². The number of imidazole rings is 1. The van der Waals surface area contributed by atoms with Crippen molar-refractivity contribution < 1.29 is 9.47 Å². The first-order chi connectivity index (χ1) is 11.1. The Bertz CT molecular complexity index is 886. The van der Waals surface area contributed by atoms with Crippen molar-refractivity contribution in [1.29, 1.82) is 0 Å². The summed E-state index contributed by atoms with van der Waals surface area (Å²) in [6.07, 6.45) is 0. The maximum absolute atomic E-state index is 6.48. The minimum Gasteiger partial charge on any atom is -0.486 e. The minimum absolute atomic E-state index is 0.158. The van der Waals surface area contributed by atoms with Crippen molar-refractivity contribution in [2.75, 3.05) is 13.2 Å². The molecule has 0 spiro atoms. The molecule has 0 radical (unpaired) electrons. The average Bonchev–Trinajstić information content (AvgIpc) is 2.95. The normalized spacial score (nSPS) is 14.9. The number of benzene rings is 1. The fourth-order valence-corrected chi connectivity index (χ4v) is 3.25. The van der Waals surface area contributed by atoms with E-state index in [1.807, 2.05) is 37.3 Å². The molecule has 118 valence electrons. The van der Waals surface area contributed by atoms with Gasteiger partial charge in [-0.25, -0.2) is 4.98 Å². The number of aryl methyl sites for hydroxylation is 1. The summed E-state index contributed by atoms with van der Waals surface area (Å²) in [4.78, 5) is 4.80. The summed E-state index contributed by atoms with van der Waals surface area (Å²) in [6, 6.07) is 12.0. The Balaban J connectivity index is 1.95. The number of pyridine rings is 1. The zero-order valence-corrected chi connectivity index (χ0v) is 13.8. The zero-order chi connectivity index (χ0) is 16.0. The van der Waals surface area contributed by atoms with E-state index in [1.165, 1.54) is 0 Å². The standard InChI is InChI=1S/C18H17ClN2O2/c1-11-4-3-5-16-20-17(18(12(2)19)21(11)16)13-6-7-14-15(10-13)23-9-8-22-14/h3-7,10,12H,8-9H2,1-2H3. The molecule has 3 heterocycles. The van der Waals surface area contributed by atoms with Gasteiger partial charge in [0.05, 0.1) is 16.8 Å². The highest BCUT2D eigenvalue weighted by molar-refractivity contribution is 6.20. The molecule has 0 aliphatic carbocycles. The van der Waals surface area contributed by atoms with E-state index in [0.29, 0.717) is 13.2 Å². The van der Waals surface area contributed by atoms with Gasteiger partial charge >= 0.3 is 0 Å². The second-order valence-electron chi connectivity index (χ2n) is 5.68. The number of rotatable bonds is 2. The molecule has 0 bridgehead atoms. The molecule has 1 aliphatic rings. The lowest BCUT2D eigenvalue weighted by Gasteiger charge is -2.19. The lowest BCUT2D eigenvalue weighted by Crippen LogP contribution is -2.15. The Labute approximate surface area is 139 Å². The van der Waals surface area contributed by atoms with Crippen molar-refractivity contribution in [3.05, 3.63) is 47.8 Å². The number of alkyl halides is 1. The van der Waals surface area contributed by atoms with E-state index in [1.54, 1.807) is 0 Å². The van der Waals surface area contributed by atoms with Gasteiger partial charge in [-0.3, -0.25) is 4.40 Å². The van der Waals surface area contributed by atoms with Crippen LogP contribution in [0.3, 0.4) is 0 Å². The van der Waals surface area contributed by atoms with Crippen LogP contribution >= 0.6 is 11.6 Å². The van der Waals surface area contributed by atoms with Gasteiger partial charge in [-0.05, 0) is 44.2 Å². The molecule has 0 saturated heterocycles. The summed E-state index contributed by atoms with van der Waals surface area (Å²) >= 11 is 6.48. The Kier molecular flexibility index (Phi) is 3.42. The lowest BCUT2D eigenvalue weighted by molar-refractivity contribution is 0.171. The van der Waals surface area contributed by atoms with Gasteiger partial charge in [0.15, 0.2) is 11.5 Å². The maximum Gasteiger partial charge on any atom is 0.162 e. The molecular formula is C18H17ClN2O2. The number of ether oxygens (including phenoxy) is 2. The highest BCUT2D eigenvalue weighted by Gasteiger charge is 2.21. The first kappa shape index (κ1) is 14.4. The van der Waals surface area contributed by atoms with Crippen LogP contribution in [0.1, 0.15) is 23.7 Å². The number of nitrogens with zero attached hydrogens (tertiary/aromatic N) is 2. The van der Waals surface area contributed by atoms with E-state index in [9.17, 15) is 0 Å². The third kappa shape index (κ3) is 2.34. The molecule has 4 rings (SSSR count). The highest BCUT2D eigenvalue weighted by atomic mass is 35.5. The smallest absolute Gasteiger partial charge is 0.162 e.